The van der Waals surface area contributed by atoms with Crippen molar-refractivity contribution in [3.8, 4) is 5.75 Å². The Morgan fingerprint density at radius 2 is 1.33 bits per heavy atom. The Hall–Kier alpha value is -3.39. The van der Waals surface area contributed by atoms with E-state index in [9.17, 15) is 4.79 Å². The van der Waals surface area contributed by atoms with Crippen molar-refractivity contribution >= 4 is 59.1 Å². The van der Waals surface area contributed by atoms with Crippen LogP contribution in [-0.4, -0.2) is 31.4 Å². The maximum Gasteiger partial charge on any atom is 0.280 e. The molecule has 0 radical (unpaired) electrons. The highest BCUT2D eigenvalue weighted by Crippen LogP contribution is 2.25. The van der Waals surface area contributed by atoms with Crippen LogP contribution in [0.4, 0.5) is 0 Å². The first-order valence-corrected chi connectivity index (χ1v) is 10.6. The van der Waals surface area contributed by atoms with Gasteiger partial charge in [0.2, 0.25) is 5.96 Å². The third-order valence-electron chi connectivity index (χ3n) is 4.12. The van der Waals surface area contributed by atoms with E-state index >= 15 is 0 Å². The molecule has 7 nitrogen and oxygen atoms in total. The molecule has 0 unspecified atom stereocenters. The molecule has 0 saturated carbocycles. The Morgan fingerprint density at radius 3 is 1.79 bits per heavy atom. The van der Waals surface area contributed by atoms with E-state index in [2.05, 4.69) is 26.0 Å². The maximum absolute atomic E-state index is 12.6. The number of nitrogens with zero attached hydrogens (tertiary/aromatic N) is 3. The van der Waals surface area contributed by atoms with Crippen molar-refractivity contribution in [2.24, 2.45) is 15.2 Å². The zero-order valence-electron chi connectivity index (χ0n) is 17.3. The third-order valence-corrected chi connectivity index (χ3v) is 4.92. The minimum Gasteiger partial charge on any atom is -0.495 e. The first-order chi connectivity index (χ1) is 15.9. The van der Waals surface area contributed by atoms with Gasteiger partial charge in [-0.2, -0.15) is 15.2 Å². The van der Waals surface area contributed by atoms with Crippen LogP contribution < -0.4 is 15.6 Å². The summed E-state index contributed by atoms with van der Waals surface area (Å²) in [6.45, 7) is 0. The highest BCUT2D eigenvalue weighted by Gasteiger charge is 2.10. The standard InChI is InChI=1S/C23H18Cl3N5O2/c1-33-21-11-6-17(12-20(21)26)22(32)29-23(30-27-13-15-2-7-18(24)8-3-15)31-28-14-16-4-9-19(25)10-5-16/h2-14H,1H3,(H2,29,30,31,32). The number of benzene rings is 3. The lowest BCUT2D eigenvalue weighted by molar-refractivity contribution is 0.100. The maximum atomic E-state index is 12.6. The third kappa shape index (κ3) is 7.61. The molecule has 0 aliphatic carbocycles. The van der Waals surface area contributed by atoms with E-state index in [-0.39, 0.29) is 11.5 Å². The van der Waals surface area contributed by atoms with Crippen LogP contribution in [-0.2, 0) is 0 Å². The molecular formula is C23H18Cl3N5O2. The van der Waals surface area contributed by atoms with Gasteiger partial charge in [-0.15, -0.1) is 0 Å². The van der Waals surface area contributed by atoms with Gasteiger partial charge >= 0.3 is 0 Å². The molecule has 168 valence electrons. The summed E-state index contributed by atoms with van der Waals surface area (Å²) in [5.41, 5.74) is 7.22. The monoisotopic (exact) mass is 501 g/mol. The highest BCUT2D eigenvalue weighted by molar-refractivity contribution is 6.32. The average Bonchev–Trinajstić information content (AvgIpc) is 2.81. The molecule has 0 spiro atoms. The molecule has 0 aliphatic heterocycles. The largest absolute Gasteiger partial charge is 0.495 e. The van der Waals surface area contributed by atoms with Crippen LogP contribution in [0.2, 0.25) is 15.1 Å². The lowest BCUT2D eigenvalue weighted by Crippen LogP contribution is -2.32. The number of hydrogen-bond acceptors (Lipinski definition) is 4. The summed E-state index contributed by atoms with van der Waals surface area (Å²) in [5, 5.41) is 9.72. The molecule has 3 aromatic carbocycles. The molecule has 3 aromatic rings. The fourth-order valence-corrected chi connectivity index (χ4v) is 2.98. The van der Waals surface area contributed by atoms with Gasteiger partial charge in [-0.25, -0.2) is 10.9 Å². The van der Waals surface area contributed by atoms with Gasteiger partial charge in [0.25, 0.3) is 5.91 Å². The Morgan fingerprint density at radius 1 is 0.818 bits per heavy atom. The molecule has 0 atom stereocenters. The topological polar surface area (TPSA) is 87.4 Å². The van der Waals surface area contributed by atoms with E-state index in [0.29, 0.717) is 20.8 Å². The number of carbonyl (C=O) groups is 1. The second-order valence-electron chi connectivity index (χ2n) is 6.46. The molecule has 0 fully saturated rings. The Balaban J connectivity index is 1.78. The summed E-state index contributed by atoms with van der Waals surface area (Å²) in [4.78, 5) is 16.7. The summed E-state index contributed by atoms with van der Waals surface area (Å²) in [7, 11) is 1.49. The van der Waals surface area contributed by atoms with Gasteiger partial charge in [0, 0.05) is 15.6 Å². The van der Waals surface area contributed by atoms with E-state index in [1.165, 1.54) is 13.2 Å². The van der Waals surface area contributed by atoms with Gasteiger partial charge in [-0.1, -0.05) is 59.1 Å². The zero-order valence-corrected chi connectivity index (χ0v) is 19.6. The molecule has 1 amide bonds. The van der Waals surface area contributed by atoms with Gasteiger partial charge in [0.1, 0.15) is 5.75 Å². The molecule has 10 heteroatoms. The molecule has 0 aliphatic rings. The second kappa shape index (κ2) is 12.0. The fourth-order valence-electron chi connectivity index (χ4n) is 2.47. The zero-order chi connectivity index (χ0) is 23.6. The van der Waals surface area contributed by atoms with E-state index in [0.717, 1.165) is 11.1 Å². The van der Waals surface area contributed by atoms with Gasteiger partial charge in [-0.05, 0) is 53.6 Å². The van der Waals surface area contributed by atoms with E-state index in [4.69, 9.17) is 39.5 Å². The Bertz CT molecular complexity index is 1130. The second-order valence-corrected chi connectivity index (χ2v) is 7.74. The molecule has 0 heterocycles. The van der Waals surface area contributed by atoms with Crippen molar-refractivity contribution in [3.63, 3.8) is 0 Å². The predicted molar refractivity (Wildman–Crippen MR) is 134 cm³/mol. The van der Waals surface area contributed by atoms with Crippen molar-refractivity contribution < 1.29 is 9.53 Å². The number of nitrogens with one attached hydrogen (secondary N) is 2. The number of carbonyl (C=O) groups excluding carboxylic acids is 1. The highest BCUT2D eigenvalue weighted by atomic mass is 35.5. The molecule has 0 saturated heterocycles. The van der Waals surface area contributed by atoms with E-state index < -0.39 is 5.91 Å². The molecule has 33 heavy (non-hydrogen) atoms. The van der Waals surface area contributed by atoms with Crippen LogP contribution >= 0.6 is 34.8 Å². The van der Waals surface area contributed by atoms with Crippen LogP contribution in [0.25, 0.3) is 0 Å². The summed E-state index contributed by atoms with van der Waals surface area (Å²) in [6.07, 6.45) is 3.09. The quantitative estimate of drug-likeness (QED) is 0.268. The van der Waals surface area contributed by atoms with Crippen molar-refractivity contribution in [3.05, 3.63) is 98.5 Å². The average molecular weight is 503 g/mol. The van der Waals surface area contributed by atoms with Crippen LogP contribution in [0.15, 0.2) is 81.9 Å². The van der Waals surface area contributed by atoms with Crippen LogP contribution in [0.5, 0.6) is 5.75 Å². The van der Waals surface area contributed by atoms with Gasteiger partial charge in [-0.3, -0.25) is 4.79 Å². The van der Waals surface area contributed by atoms with Crippen LogP contribution in [0.3, 0.4) is 0 Å². The summed E-state index contributed by atoms with van der Waals surface area (Å²) < 4.78 is 5.11. The minimum absolute atomic E-state index is 0.00219. The molecule has 3 rings (SSSR count). The van der Waals surface area contributed by atoms with Crippen LogP contribution in [0, 0.1) is 0 Å². The summed E-state index contributed by atoms with van der Waals surface area (Å²) in [5.74, 6) is -0.103. The first-order valence-electron chi connectivity index (χ1n) is 9.50. The first kappa shape index (κ1) is 24.3. The lowest BCUT2D eigenvalue weighted by Gasteiger charge is -2.06. The molecule has 2 N–H and O–H groups in total. The minimum atomic E-state index is -0.557. The van der Waals surface area contributed by atoms with Gasteiger partial charge < -0.3 is 4.74 Å². The van der Waals surface area contributed by atoms with E-state index in [1.807, 2.05) is 0 Å². The molecular weight excluding hydrogens is 485 g/mol. The van der Waals surface area contributed by atoms with Crippen molar-refractivity contribution in [2.75, 3.05) is 7.11 Å². The molecule has 0 bridgehead atoms. The molecule has 0 aromatic heterocycles. The Labute approximate surface area is 205 Å². The normalized spacial score (nSPS) is 10.9. The number of ether oxygens (including phenoxy) is 1. The number of guanidine groups is 1. The number of rotatable bonds is 6. The number of hydrazone groups is 2. The number of aliphatic imine (C=N–C) groups is 1. The summed E-state index contributed by atoms with van der Waals surface area (Å²) >= 11 is 17.9. The number of halogens is 3. The van der Waals surface area contributed by atoms with Crippen molar-refractivity contribution in [1.29, 1.82) is 0 Å². The van der Waals surface area contributed by atoms with E-state index in [1.54, 1.807) is 73.1 Å². The van der Waals surface area contributed by atoms with Crippen LogP contribution in [0.1, 0.15) is 21.5 Å². The van der Waals surface area contributed by atoms with Crippen molar-refractivity contribution in [2.45, 2.75) is 0 Å². The Kier molecular flexibility index (Phi) is 8.83. The van der Waals surface area contributed by atoms with Gasteiger partial charge in [0.15, 0.2) is 0 Å². The van der Waals surface area contributed by atoms with Crippen molar-refractivity contribution in [1.82, 2.24) is 10.9 Å². The number of methoxy groups -OCH3 is 1. The number of amides is 1. The smallest absolute Gasteiger partial charge is 0.280 e. The lowest BCUT2D eigenvalue weighted by atomic mass is 10.2. The summed E-state index contributed by atoms with van der Waals surface area (Å²) in [6, 6.07) is 18.7. The van der Waals surface area contributed by atoms with Gasteiger partial charge in [0.05, 0.1) is 24.6 Å². The fraction of sp³-hybridized carbons (Fsp3) is 0.0435. The predicted octanol–water partition coefficient (Wildman–Crippen LogP) is 5.40. The number of hydrogen-bond donors (Lipinski definition) is 2. The SMILES string of the molecule is COc1ccc(C(=O)N=C(NN=Cc2ccc(Cl)cc2)NN=Cc2ccc(Cl)cc2)cc1Cl.